The maximum Gasteiger partial charge on any atom is 0.328 e. The Labute approximate surface area is 88.1 Å². The lowest BCUT2D eigenvalue weighted by atomic mass is 10.3. The average molecular weight is 207 g/mol. The van der Waals surface area contributed by atoms with Crippen LogP contribution in [0.15, 0.2) is 36.4 Å². The van der Waals surface area contributed by atoms with Crippen LogP contribution in [0, 0.1) is 0 Å². The molecule has 0 unspecified atom stereocenters. The summed E-state index contributed by atoms with van der Waals surface area (Å²) in [6.45, 7) is 0.482. The molecule has 0 aliphatic heterocycles. The summed E-state index contributed by atoms with van der Waals surface area (Å²) in [4.78, 5) is 12.1. The summed E-state index contributed by atoms with van der Waals surface area (Å²) < 4.78 is 0. The number of nitrogens with zero attached hydrogens (tertiary/aromatic N) is 1. The predicted octanol–water partition coefficient (Wildman–Crippen LogP) is 1.47. The minimum atomic E-state index is -0.959. The number of likely N-dealkylation sites (N-methyl/N-ethyl adjacent to an activating group) is 1. The van der Waals surface area contributed by atoms with Crippen LogP contribution in [0.25, 0.3) is 0 Å². The molecule has 0 saturated heterocycles. The van der Waals surface area contributed by atoms with Crippen LogP contribution in [0.2, 0.25) is 0 Å². The van der Waals surface area contributed by atoms with E-state index in [-0.39, 0.29) is 5.75 Å². The van der Waals surface area contributed by atoms with Gasteiger partial charge in [0.25, 0.3) is 0 Å². The molecule has 15 heavy (non-hydrogen) atoms. The van der Waals surface area contributed by atoms with E-state index in [1.165, 1.54) is 0 Å². The van der Waals surface area contributed by atoms with Crippen molar-refractivity contribution in [2.45, 2.75) is 0 Å². The third-order valence-corrected chi connectivity index (χ3v) is 1.91. The van der Waals surface area contributed by atoms with Gasteiger partial charge in [-0.3, -0.25) is 0 Å². The van der Waals surface area contributed by atoms with Crippen LogP contribution in [0.1, 0.15) is 0 Å². The number of carbonyl (C=O) groups is 1. The van der Waals surface area contributed by atoms with E-state index in [1.54, 1.807) is 24.3 Å². The molecule has 0 aliphatic carbocycles. The van der Waals surface area contributed by atoms with Gasteiger partial charge in [0.15, 0.2) is 0 Å². The summed E-state index contributed by atoms with van der Waals surface area (Å²) in [6.07, 6.45) is 2.64. The van der Waals surface area contributed by atoms with Gasteiger partial charge in [0, 0.05) is 31.4 Å². The van der Waals surface area contributed by atoms with E-state index in [2.05, 4.69) is 0 Å². The molecular weight excluding hydrogens is 194 g/mol. The average Bonchev–Trinajstić information content (AvgIpc) is 2.17. The normalized spacial score (nSPS) is 10.5. The molecule has 1 aromatic rings. The van der Waals surface area contributed by atoms with Gasteiger partial charge in [-0.15, -0.1) is 0 Å². The Balaban J connectivity index is 2.61. The fourth-order valence-electron chi connectivity index (χ4n) is 1.15. The fraction of sp³-hybridized carbons (Fsp3) is 0.182. The zero-order valence-corrected chi connectivity index (χ0v) is 8.42. The fourth-order valence-corrected chi connectivity index (χ4v) is 1.15. The van der Waals surface area contributed by atoms with Crippen molar-refractivity contribution in [3.8, 4) is 5.75 Å². The van der Waals surface area contributed by atoms with Gasteiger partial charge in [-0.05, 0) is 12.1 Å². The second-order valence-corrected chi connectivity index (χ2v) is 3.14. The van der Waals surface area contributed by atoms with E-state index in [4.69, 9.17) is 5.11 Å². The molecule has 0 heterocycles. The smallest absolute Gasteiger partial charge is 0.328 e. The molecule has 0 atom stereocenters. The van der Waals surface area contributed by atoms with Gasteiger partial charge < -0.3 is 15.1 Å². The van der Waals surface area contributed by atoms with Crippen molar-refractivity contribution < 1.29 is 15.0 Å². The van der Waals surface area contributed by atoms with Crippen molar-refractivity contribution in [3.05, 3.63) is 36.4 Å². The summed E-state index contributed by atoms with van der Waals surface area (Å²) in [6, 6.07) is 6.79. The minimum absolute atomic E-state index is 0.196. The van der Waals surface area contributed by atoms with Gasteiger partial charge >= 0.3 is 5.97 Å². The molecule has 0 spiro atoms. The SMILES string of the molecule is CN(C/C=C/C(=O)O)c1cccc(O)c1. The molecule has 4 nitrogen and oxygen atoms in total. The predicted molar refractivity (Wildman–Crippen MR) is 58.2 cm³/mol. The quantitative estimate of drug-likeness (QED) is 0.734. The van der Waals surface area contributed by atoms with Crippen LogP contribution in [0.4, 0.5) is 5.69 Å². The summed E-state index contributed by atoms with van der Waals surface area (Å²) >= 11 is 0. The van der Waals surface area contributed by atoms with E-state index in [9.17, 15) is 9.90 Å². The van der Waals surface area contributed by atoms with E-state index < -0.39 is 5.97 Å². The van der Waals surface area contributed by atoms with Crippen molar-refractivity contribution in [1.29, 1.82) is 0 Å². The molecule has 0 fully saturated rings. The summed E-state index contributed by atoms with van der Waals surface area (Å²) in [5.41, 5.74) is 0.838. The number of carboxylic acids is 1. The number of hydrogen-bond acceptors (Lipinski definition) is 3. The number of benzene rings is 1. The highest BCUT2D eigenvalue weighted by Crippen LogP contribution is 2.18. The molecule has 0 bridgehead atoms. The lowest BCUT2D eigenvalue weighted by molar-refractivity contribution is -0.131. The van der Waals surface area contributed by atoms with Crippen molar-refractivity contribution in [3.63, 3.8) is 0 Å². The van der Waals surface area contributed by atoms with Crippen LogP contribution in [0.3, 0.4) is 0 Å². The highest BCUT2D eigenvalue weighted by atomic mass is 16.4. The highest BCUT2D eigenvalue weighted by Gasteiger charge is 1.99. The zero-order valence-electron chi connectivity index (χ0n) is 8.42. The van der Waals surface area contributed by atoms with Crippen LogP contribution in [-0.2, 0) is 4.79 Å². The van der Waals surface area contributed by atoms with Crippen LogP contribution in [-0.4, -0.2) is 29.8 Å². The van der Waals surface area contributed by atoms with Gasteiger partial charge in [0.05, 0.1) is 0 Å². The molecule has 2 N–H and O–H groups in total. The lowest BCUT2D eigenvalue weighted by Gasteiger charge is -2.16. The number of phenols is 1. The van der Waals surface area contributed by atoms with Crippen molar-refractivity contribution in [2.24, 2.45) is 0 Å². The maximum absolute atomic E-state index is 10.2. The minimum Gasteiger partial charge on any atom is -0.508 e. The number of carboxylic acid groups (broad SMARTS) is 1. The number of anilines is 1. The van der Waals surface area contributed by atoms with Gasteiger partial charge in [-0.25, -0.2) is 4.79 Å². The molecule has 80 valence electrons. The summed E-state index contributed by atoms with van der Waals surface area (Å²) in [7, 11) is 1.82. The Morgan fingerprint density at radius 1 is 1.53 bits per heavy atom. The van der Waals surface area contributed by atoms with Crippen molar-refractivity contribution in [1.82, 2.24) is 0 Å². The van der Waals surface area contributed by atoms with Gasteiger partial charge in [0.2, 0.25) is 0 Å². The maximum atomic E-state index is 10.2. The first-order valence-electron chi connectivity index (χ1n) is 4.49. The number of phenolic OH excluding ortho intramolecular Hbond substituents is 1. The van der Waals surface area contributed by atoms with E-state index in [0.717, 1.165) is 11.8 Å². The first-order chi connectivity index (χ1) is 7.09. The number of hydrogen-bond donors (Lipinski definition) is 2. The molecule has 4 heteroatoms. The van der Waals surface area contributed by atoms with Crippen molar-refractivity contribution in [2.75, 3.05) is 18.5 Å². The van der Waals surface area contributed by atoms with Crippen molar-refractivity contribution >= 4 is 11.7 Å². The van der Waals surface area contributed by atoms with Crippen LogP contribution < -0.4 is 4.90 Å². The molecule has 1 aromatic carbocycles. The first-order valence-corrected chi connectivity index (χ1v) is 4.49. The molecule has 0 aromatic heterocycles. The van der Waals surface area contributed by atoms with Crippen LogP contribution >= 0.6 is 0 Å². The van der Waals surface area contributed by atoms with Crippen LogP contribution in [0.5, 0.6) is 5.75 Å². The molecule has 0 amide bonds. The van der Waals surface area contributed by atoms with E-state index in [0.29, 0.717) is 6.54 Å². The molecule has 0 saturated carbocycles. The Hall–Kier alpha value is -1.97. The summed E-state index contributed by atoms with van der Waals surface area (Å²) in [5, 5.41) is 17.6. The van der Waals surface area contributed by atoms with E-state index >= 15 is 0 Å². The number of aliphatic carboxylic acids is 1. The van der Waals surface area contributed by atoms with Gasteiger partial charge in [-0.1, -0.05) is 12.1 Å². The highest BCUT2D eigenvalue weighted by molar-refractivity contribution is 5.79. The number of aromatic hydroxyl groups is 1. The second kappa shape index (κ2) is 5.05. The van der Waals surface area contributed by atoms with E-state index in [1.807, 2.05) is 18.0 Å². The Morgan fingerprint density at radius 2 is 2.27 bits per heavy atom. The second-order valence-electron chi connectivity index (χ2n) is 3.14. The Morgan fingerprint density at radius 3 is 2.87 bits per heavy atom. The molecule has 0 aliphatic rings. The van der Waals surface area contributed by atoms with Gasteiger partial charge in [-0.2, -0.15) is 0 Å². The topological polar surface area (TPSA) is 60.8 Å². The molecule has 0 radical (unpaired) electrons. The Kier molecular flexibility index (Phi) is 3.74. The third-order valence-electron chi connectivity index (χ3n) is 1.91. The molecule has 1 rings (SSSR count). The molecular formula is C11H13NO3. The zero-order chi connectivity index (χ0) is 11.3. The lowest BCUT2D eigenvalue weighted by Crippen LogP contribution is -2.16. The largest absolute Gasteiger partial charge is 0.508 e. The monoisotopic (exact) mass is 207 g/mol. The number of rotatable bonds is 4. The Bertz CT molecular complexity index is 374. The van der Waals surface area contributed by atoms with Gasteiger partial charge in [0.1, 0.15) is 5.75 Å². The third kappa shape index (κ3) is 3.72. The first kappa shape index (κ1) is 11.1. The standard InChI is InChI=1S/C11H13NO3/c1-12(7-3-6-11(14)15)9-4-2-5-10(13)8-9/h2-6,8,13H,7H2,1H3,(H,14,15)/b6-3+. The summed E-state index contributed by atoms with van der Waals surface area (Å²) in [5.74, 6) is -0.763.